The molecule has 1 heterocycles. The van der Waals surface area contributed by atoms with Gasteiger partial charge in [0.05, 0.1) is 18.7 Å². The molecule has 1 fully saturated rings. The number of carbonyl (C=O) groups excluding carboxylic acids is 2. The maximum atomic E-state index is 13.1. The van der Waals surface area contributed by atoms with E-state index in [2.05, 4.69) is 15.9 Å². The maximum absolute atomic E-state index is 13.1. The minimum atomic E-state index is -0.913. The Morgan fingerprint density at radius 1 is 1.00 bits per heavy atom. The Hall–Kier alpha value is -3.58. The van der Waals surface area contributed by atoms with Gasteiger partial charge in [0.25, 0.3) is 11.7 Å². The SMILES string of the molecule is COc1cc(C2/C(=C(\O)c3ccccc3)C(=O)C(=O)N2c2cccc(Br)c2)ccc1O. The van der Waals surface area contributed by atoms with Gasteiger partial charge in [-0.15, -0.1) is 0 Å². The standard InChI is InChI=1S/C24H18BrNO5/c1-31-19-12-15(10-11-18(19)27)21-20(22(28)14-6-3-2-4-7-14)23(29)24(30)26(21)17-9-5-8-16(25)13-17/h2-13,21,27-28H,1H3/b22-20+. The fraction of sp³-hybridized carbons (Fsp3) is 0.0833. The van der Waals surface area contributed by atoms with Crippen molar-refractivity contribution in [2.75, 3.05) is 12.0 Å². The van der Waals surface area contributed by atoms with Crippen LogP contribution in [0, 0.1) is 0 Å². The van der Waals surface area contributed by atoms with Crippen LogP contribution in [0.4, 0.5) is 5.69 Å². The zero-order chi connectivity index (χ0) is 22.1. The van der Waals surface area contributed by atoms with E-state index in [1.165, 1.54) is 18.1 Å². The summed E-state index contributed by atoms with van der Waals surface area (Å²) >= 11 is 3.40. The van der Waals surface area contributed by atoms with E-state index in [1.54, 1.807) is 60.7 Å². The highest BCUT2D eigenvalue weighted by atomic mass is 79.9. The van der Waals surface area contributed by atoms with Crippen LogP contribution in [0.2, 0.25) is 0 Å². The second kappa shape index (κ2) is 8.28. The molecule has 1 aliphatic heterocycles. The number of hydrogen-bond acceptors (Lipinski definition) is 5. The number of phenols is 1. The Bertz CT molecular complexity index is 1210. The average Bonchev–Trinajstić information content (AvgIpc) is 3.05. The zero-order valence-electron chi connectivity index (χ0n) is 16.4. The molecule has 1 aliphatic rings. The van der Waals surface area contributed by atoms with Crippen LogP contribution in [-0.2, 0) is 9.59 Å². The summed E-state index contributed by atoms with van der Waals surface area (Å²) in [7, 11) is 1.41. The molecule has 0 aliphatic carbocycles. The Balaban J connectivity index is 1.98. The lowest BCUT2D eigenvalue weighted by atomic mass is 9.95. The van der Waals surface area contributed by atoms with Crippen LogP contribution >= 0.6 is 15.9 Å². The average molecular weight is 480 g/mol. The van der Waals surface area contributed by atoms with E-state index in [9.17, 15) is 19.8 Å². The molecular weight excluding hydrogens is 462 g/mol. The molecule has 1 unspecified atom stereocenters. The van der Waals surface area contributed by atoms with Crippen LogP contribution in [0.25, 0.3) is 5.76 Å². The number of ether oxygens (including phenoxy) is 1. The summed E-state index contributed by atoms with van der Waals surface area (Å²) in [5.74, 6) is -1.70. The summed E-state index contributed by atoms with van der Waals surface area (Å²) in [5, 5.41) is 21.0. The predicted molar refractivity (Wildman–Crippen MR) is 120 cm³/mol. The number of anilines is 1. The molecule has 3 aromatic rings. The molecule has 4 rings (SSSR count). The van der Waals surface area contributed by atoms with Crippen molar-refractivity contribution in [3.8, 4) is 11.5 Å². The van der Waals surface area contributed by atoms with Crippen LogP contribution in [0.1, 0.15) is 17.2 Å². The summed E-state index contributed by atoms with van der Waals surface area (Å²) in [4.78, 5) is 27.5. The summed E-state index contributed by atoms with van der Waals surface area (Å²) in [5.41, 5.74) is 1.38. The fourth-order valence-electron chi connectivity index (χ4n) is 3.66. The van der Waals surface area contributed by atoms with E-state index in [-0.39, 0.29) is 22.8 Å². The fourth-order valence-corrected chi connectivity index (χ4v) is 4.04. The summed E-state index contributed by atoms with van der Waals surface area (Å²) in [6.07, 6.45) is 0. The molecule has 2 N–H and O–H groups in total. The zero-order valence-corrected chi connectivity index (χ0v) is 18.0. The van der Waals surface area contributed by atoms with Crippen molar-refractivity contribution < 1.29 is 24.5 Å². The molecule has 0 radical (unpaired) electrons. The maximum Gasteiger partial charge on any atom is 0.300 e. The smallest absolute Gasteiger partial charge is 0.300 e. The largest absolute Gasteiger partial charge is 0.507 e. The van der Waals surface area contributed by atoms with Gasteiger partial charge in [-0.2, -0.15) is 0 Å². The number of ketones is 1. The molecule has 3 aromatic carbocycles. The van der Waals surface area contributed by atoms with E-state index in [1.807, 2.05) is 6.07 Å². The van der Waals surface area contributed by atoms with Gasteiger partial charge in [-0.3, -0.25) is 14.5 Å². The number of aliphatic hydroxyl groups excluding tert-OH is 1. The predicted octanol–water partition coefficient (Wildman–Crippen LogP) is 4.79. The van der Waals surface area contributed by atoms with E-state index in [4.69, 9.17) is 4.74 Å². The van der Waals surface area contributed by atoms with Gasteiger partial charge in [0.15, 0.2) is 11.5 Å². The lowest BCUT2D eigenvalue weighted by Crippen LogP contribution is -2.29. The highest BCUT2D eigenvalue weighted by Crippen LogP contribution is 2.44. The number of nitrogens with zero attached hydrogens (tertiary/aromatic N) is 1. The van der Waals surface area contributed by atoms with Gasteiger partial charge >= 0.3 is 0 Å². The molecule has 7 heteroatoms. The van der Waals surface area contributed by atoms with E-state index in [0.29, 0.717) is 16.8 Å². The van der Waals surface area contributed by atoms with Gasteiger partial charge in [-0.25, -0.2) is 0 Å². The molecule has 1 amide bonds. The first-order valence-corrected chi connectivity index (χ1v) is 10.2. The molecule has 156 valence electrons. The number of methoxy groups -OCH3 is 1. The number of carbonyl (C=O) groups is 2. The lowest BCUT2D eigenvalue weighted by molar-refractivity contribution is -0.132. The van der Waals surface area contributed by atoms with Crippen molar-refractivity contribution in [1.29, 1.82) is 0 Å². The Labute approximate surface area is 187 Å². The normalized spacial score (nSPS) is 17.7. The molecule has 1 saturated heterocycles. The van der Waals surface area contributed by atoms with Crippen molar-refractivity contribution >= 4 is 39.1 Å². The minimum absolute atomic E-state index is 0.0380. The van der Waals surface area contributed by atoms with Gasteiger partial charge in [0.2, 0.25) is 0 Å². The highest BCUT2D eigenvalue weighted by Gasteiger charge is 2.47. The van der Waals surface area contributed by atoms with Gasteiger partial charge < -0.3 is 14.9 Å². The van der Waals surface area contributed by atoms with E-state index >= 15 is 0 Å². The van der Waals surface area contributed by atoms with Crippen molar-refractivity contribution in [2.24, 2.45) is 0 Å². The number of benzene rings is 3. The number of amides is 1. The summed E-state index contributed by atoms with van der Waals surface area (Å²) in [6, 6.07) is 19.2. The third kappa shape index (κ3) is 3.68. The topological polar surface area (TPSA) is 87.1 Å². The third-order valence-electron chi connectivity index (χ3n) is 5.10. The van der Waals surface area contributed by atoms with Crippen LogP contribution in [0.15, 0.2) is 82.8 Å². The van der Waals surface area contributed by atoms with Crippen LogP contribution < -0.4 is 9.64 Å². The molecule has 0 spiro atoms. The first kappa shape index (κ1) is 20.7. The molecule has 6 nitrogen and oxygen atoms in total. The molecule has 31 heavy (non-hydrogen) atoms. The van der Waals surface area contributed by atoms with Gasteiger partial charge in [0, 0.05) is 15.7 Å². The number of hydrogen-bond donors (Lipinski definition) is 2. The first-order valence-electron chi connectivity index (χ1n) is 9.41. The summed E-state index contributed by atoms with van der Waals surface area (Å²) in [6.45, 7) is 0. The number of phenolic OH excluding ortho intramolecular Hbond substituents is 1. The van der Waals surface area contributed by atoms with Crippen molar-refractivity contribution in [1.82, 2.24) is 0 Å². The Morgan fingerprint density at radius 2 is 1.74 bits per heavy atom. The third-order valence-corrected chi connectivity index (χ3v) is 5.59. The van der Waals surface area contributed by atoms with Gasteiger partial charge in [-0.1, -0.05) is 58.4 Å². The van der Waals surface area contributed by atoms with Crippen LogP contribution in [0.5, 0.6) is 11.5 Å². The molecule has 0 aromatic heterocycles. The second-order valence-corrected chi connectivity index (χ2v) is 7.86. The summed E-state index contributed by atoms with van der Waals surface area (Å²) < 4.78 is 5.95. The molecule has 0 bridgehead atoms. The minimum Gasteiger partial charge on any atom is -0.507 e. The van der Waals surface area contributed by atoms with Gasteiger partial charge in [-0.05, 0) is 35.9 Å². The van der Waals surface area contributed by atoms with Crippen molar-refractivity contribution in [2.45, 2.75) is 6.04 Å². The van der Waals surface area contributed by atoms with Gasteiger partial charge in [0.1, 0.15) is 5.76 Å². The number of aromatic hydroxyl groups is 1. The van der Waals surface area contributed by atoms with Crippen LogP contribution in [-0.4, -0.2) is 29.0 Å². The Morgan fingerprint density at radius 3 is 2.42 bits per heavy atom. The molecule has 0 saturated carbocycles. The van der Waals surface area contributed by atoms with E-state index in [0.717, 1.165) is 4.47 Å². The Kier molecular flexibility index (Phi) is 5.52. The lowest BCUT2D eigenvalue weighted by Gasteiger charge is -2.26. The van der Waals surface area contributed by atoms with Crippen molar-refractivity contribution in [3.63, 3.8) is 0 Å². The van der Waals surface area contributed by atoms with E-state index < -0.39 is 17.7 Å². The molecular formula is C24H18BrNO5. The number of halogens is 1. The van der Waals surface area contributed by atoms with Crippen LogP contribution in [0.3, 0.4) is 0 Å². The number of Topliss-reactive ketones (excluding diaryl/α,β-unsaturated/α-hetero) is 1. The first-order chi connectivity index (χ1) is 14.9. The quantitative estimate of drug-likeness (QED) is 0.319. The monoisotopic (exact) mass is 479 g/mol. The highest BCUT2D eigenvalue weighted by molar-refractivity contribution is 9.10. The number of rotatable bonds is 4. The second-order valence-electron chi connectivity index (χ2n) is 6.95. The van der Waals surface area contributed by atoms with Crippen molar-refractivity contribution in [3.05, 3.63) is 94.0 Å². The number of aliphatic hydroxyl groups is 1. The molecule has 1 atom stereocenters.